The Morgan fingerprint density at radius 1 is 1.04 bits per heavy atom. The van der Waals surface area contributed by atoms with Gasteiger partial charge in [-0.1, -0.05) is 37.7 Å². The zero-order valence-corrected chi connectivity index (χ0v) is 16.6. The van der Waals surface area contributed by atoms with E-state index in [1.54, 1.807) is 0 Å². The van der Waals surface area contributed by atoms with Crippen LogP contribution >= 0.6 is 0 Å². The van der Waals surface area contributed by atoms with Gasteiger partial charge in [-0.2, -0.15) is 23.8 Å². The van der Waals surface area contributed by atoms with Crippen LogP contribution in [0.5, 0.6) is 0 Å². The van der Waals surface area contributed by atoms with Gasteiger partial charge in [0.05, 0.1) is 0 Å². The molecular formula is C19H21N2OY+2. The number of hydrogen-bond donors (Lipinski definition) is 0. The van der Waals surface area contributed by atoms with Crippen LogP contribution in [0, 0.1) is 19.9 Å². The van der Waals surface area contributed by atoms with Crippen LogP contribution in [0.25, 0.3) is 0 Å². The summed E-state index contributed by atoms with van der Waals surface area (Å²) in [5.74, 6) is 0.129. The van der Waals surface area contributed by atoms with Crippen molar-refractivity contribution in [3.8, 4) is 0 Å². The van der Waals surface area contributed by atoms with E-state index in [0.717, 1.165) is 37.4 Å². The molecule has 0 N–H and O–H groups in total. The molecule has 1 aliphatic rings. The summed E-state index contributed by atoms with van der Waals surface area (Å²) >= 11 is 0. The second-order valence-corrected chi connectivity index (χ2v) is 5.85. The van der Waals surface area contributed by atoms with Crippen LogP contribution in [0.4, 0.5) is 5.69 Å². The Morgan fingerprint density at radius 3 is 2.30 bits per heavy atom. The number of hydrogen-bond acceptors (Lipinski definition) is 2. The van der Waals surface area contributed by atoms with E-state index in [2.05, 4.69) is 30.9 Å². The number of piperazine rings is 1. The largest absolute Gasteiger partial charge is 3.00 e. The number of nitrogens with zero attached hydrogens (tertiary/aromatic N) is 2. The van der Waals surface area contributed by atoms with Gasteiger partial charge in [0.25, 0.3) is 5.91 Å². The predicted octanol–water partition coefficient (Wildman–Crippen LogP) is 3.06. The van der Waals surface area contributed by atoms with Gasteiger partial charge in [-0.25, -0.2) is 0 Å². The summed E-state index contributed by atoms with van der Waals surface area (Å²) in [4.78, 5) is 16.7. The molecule has 1 fully saturated rings. The van der Waals surface area contributed by atoms with Crippen LogP contribution < -0.4 is 4.90 Å². The standard InChI is InChI=1S/C19H21N2O.Y/c1-15-8-9-18(16(2)14-15)20-10-12-21(13-11-20)19(22)17-6-4-3-5-7-17;/h3-8,14H,10-13H2,1-2H3;/q-1;+3. The minimum Gasteiger partial charge on any atom is -0.390 e. The first-order valence-electron chi connectivity index (χ1n) is 7.73. The van der Waals surface area contributed by atoms with E-state index in [-0.39, 0.29) is 38.6 Å². The molecule has 0 aromatic heterocycles. The van der Waals surface area contributed by atoms with E-state index >= 15 is 0 Å². The fraction of sp³-hybridized carbons (Fsp3) is 0.316. The Hall–Kier alpha value is -1.19. The number of aryl methyl sites for hydroxylation is 2. The molecule has 0 unspecified atom stereocenters. The summed E-state index contributed by atoms with van der Waals surface area (Å²) in [6, 6.07) is 17.1. The van der Waals surface area contributed by atoms with Crippen LogP contribution in [0.2, 0.25) is 0 Å². The molecule has 2 aromatic rings. The number of amides is 1. The average molecular weight is 382 g/mol. The van der Waals surface area contributed by atoms with E-state index in [1.807, 2.05) is 41.3 Å². The maximum atomic E-state index is 12.5. The molecule has 0 radical (unpaired) electrons. The van der Waals surface area contributed by atoms with Crippen molar-refractivity contribution in [3.63, 3.8) is 0 Å². The van der Waals surface area contributed by atoms with Gasteiger partial charge in [0.2, 0.25) is 0 Å². The Morgan fingerprint density at radius 2 is 1.70 bits per heavy atom. The third-order valence-corrected chi connectivity index (χ3v) is 4.16. The van der Waals surface area contributed by atoms with E-state index in [1.165, 1.54) is 11.1 Å². The topological polar surface area (TPSA) is 23.6 Å². The maximum absolute atomic E-state index is 12.5. The second kappa shape index (κ2) is 8.07. The van der Waals surface area contributed by atoms with Crippen molar-refractivity contribution in [2.75, 3.05) is 31.1 Å². The Balaban J connectivity index is 0.00000192. The molecule has 1 amide bonds. The number of benzene rings is 2. The van der Waals surface area contributed by atoms with Gasteiger partial charge in [0.15, 0.2) is 0 Å². The summed E-state index contributed by atoms with van der Waals surface area (Å²) in [7, 11) is 0. The molecule has 3 nitrogen and oxygen atoms in total. The molecule has 1 heterocycles. The molecule has 0 aliphatic carbocycles. The normalized spacial score (nSPS) is 14.3. The van der Waals surface area contributed by atoms with Crippen molar-refractivity contribution in [3.05, 3.63) is 65.2 Å². The van der Waals surface area contributed by atoms with E-state index in [9.17, 15) is 4.79 Å². The van der Waals surface area contributed by atoms with Gasteiger partial charge in [-0.15, -0.1) is 5.56 Å². The number of anilines is 1. The van der Waals surface area contributed by atoms with Crippen molar-refractivity contribution in [2.24, 2.45) is 0 Å². The Labute approximate surface area is 163 Å². The fourth-order valence-corrected chi connectivity index (χ4v) is 2.98. The molecule has 4 heteroatoms. The molecule has 1 saturated heterocycles. The minimum atomic E-state index is 0. The van der Waals surface area contributed by atoms with Crippen molar-refractivity contribution in [1.82, 2.24) is 4.90 Å². The summed E-state index contributed by atoms with van der Waals surface area (Å²) < 4.78 is 0. The third-order valence-electron chi connectivity index (χ3n) is 4.16. The summed E-state index contributed by atoms with van der Waals surface area (Å²) in [5.41, 5.74) is 4.42. The van der Waals surface area contributed by atoms with E-state index in [4.69, 9.17) is 0 Å². The number of carbonyl (C=O) groups is 1. The van der Waals surface area contributed by atoms with Gasteiger partial charge < -0.3 is 9.80 Å². The van der Waals surface area contributed by atoms with Crippen LogP contribution in [-0.2, 0) is 32.7 Å². The smallest absolute Gasteiger partial charge is 0.390 e. The van der Waals surface area contributed by atoms with Crippen molar-refractivity contribution in [1.29, 1.82) is 0 Å². The third kappa shape index (κ3) is 4.21. The molecule has 3 rings (SSSR count). The van der Waals surface area contributed by atoms with Crippen LogP contribution in [0.3, 0.4) is 0 Å². The SMILES string of the molecule is Cc1c[c-]c(N2CCN(C(=O)c3ccccc3)CC2)c(C)c1.[Y+3]. The first-order chi connectivity index (χ1) is 10.6. The Bertz CT molecular complexity index is 664. The van der Waals surface area contributed by atoms with Crippen molar-refractivity contribution in [2.45, 2.75) is 13.8 Å². The first-order valence-corrected chi connectivity index (χ1v) is 7.73. The molecule has 114 valence electrons. The second-order valence-electron chi connectivity index (χ2n) is 5.85. The first kappa shape index (κ1) is 18.2. The number of carbonyl (C=O) groups excluding carboxylic acids is 1. The molecule has 0 spiro atoms. The van der Waals surface area contributed by atoms with Crippen LogP contribution in [0.15, 0.2) is 42.5 Å². The molecule has 0 bridgehead atoms. The molecule has 0 saturated carbocycles. The molecule has 2 aromatic carbocycles. The van der Waals surface area contributed by atoms with Gasteiger partial charge in [0.1, 0.15) is 0 Å². The predicted molar refractivity (Wildman–Crippen MR) is 89.3 cm³/mol. The van der Waals surface area contributed by atoms with Gasteiger partial charge in [-0.3, -0.25) is 4.79 Å². The summed E-state index contributed by atoms with van der Waals surface area (Å²) in [5, 5.41) is 0. The molecule has 0 atom stereocenters. The van der Waals surface area contributed by atoms with Crippen molar-refractivity contribution < 1.29 is 37.5 Å². The fourth-order valence-electron chi connectivity index (χ4n) is 2.98. The quantitative estimate of drug-likeness (QED) is 0.746. The van der Waals surface area contributed by atoms with Crippen molar-refractivity contribution >= 4 is 11.6 Å². The summed E-state index contributed by atoms with van der Waals surface area (Å²) in [6.07, 6.45) is 0. The van der Waals surface area contributed by atoms with Crippen LogP contribution in [0.1, 0.15) is 21.5 Å². The van der Waals surface area contributed by atoms with Gasteiger partial charge in [0, 0.05) is 31.7 Å². The maximum Gasteiger partial charge on any atom is 3.00 e. The summed E-state index contributed by atoms with van der Waals surface area (Å²) in [6.45, 7) is 7.45. The Kier molecular flexibility index (Phi) is 6.37. The number of rotatable bonds is 2. The van der Waals surface area contributed by atoms with Gasteiger partial charge in [-0.05, 0) is 12.1 Å². The molecular weight excluding hydrogens is 361 g/mol. The molecule has 1 aliphatic heterocycles. The average Bonchev–Trinajstić information content (AvgIpc) is 2.55. The molecule has 23 heavy (non-hydrogen) atoms. The minimum absolute atomic E-state index is 0. The van der Waals surface area contributed by atoms with Gasteiger partial charge >= 0.3 is 32.7 Å². The zero-order valence-electron chi connectivity index (χ0n) is 13.7. The zero-order chi connectivity index (χ0) is 15.5. The van der Waals surface area contributed by atoms with Crippen LogP contribution in [-0.4, -0.2) is 37.0 Å². The van der Waals surface area contributed by atoms with E-state index in [0.29, 0.717) is 0 Å². The monoisotopic (exact) mass is 382 g/mol. The van der Waals surface area contributed by atoms with E-state index < -0.39 is 0 Å².